The van der Waals surface area contributed by atoms with Crippen molar-refractivity contribution >= 4 is 28.6 Å². The van der Waals surface area contributed by atoms with Crippen LogP contribution in [0.2, 0.25) is 5.15 Å². The van der Waals surface area contributed by atoms with Gasteiger partial charge in [-0.1, -0.05) is 11.6 Å². The van der Waals surface area contributed by atoms with E-state index in [0.29, 0.717) is 16.6 Å². The van der Waals surface area contributed by atoms with E-state index in [2.05, 4.69) is 20.3 Å². The highest BCUT2D eigenvalue weighted by atomic mass is 35.5. The van der Waals surface area contributed by atoms with Crippen LogP contribution in [0.4, 0.5) is 0 Å². The third-order valence-electron chi connectivity index (χ3n) is 2.18. The predicted molar refractivity (Wildman–Crippen MR) is 61.6 cm³/mol. The Morgan fingerprint density at radius 2 is 2.19 bits per heavy atom. The largest absolute Gasteiger partial charge is 0.249 e. The van der Waals surface area contributed by atoms with Gasteiger partial charge in [-0.05, 0) is 19.1 Å². The summed E-state index contributed by atoms with van der Waals surface area (Å²) >= 11 is 7.36. The highest BCUT2D eigenvalue weighted by Gasteiger charge is 2.13. The molecule has 0 aromatic carbocycles. The van der Waals surface area contributed by atoms with Gasteiger partial charge in [-0.15, -0.1) is 21.5 Å². The van der Waals surface area contributed by atoms with Crippen molar-refractivity contribution in [2.75, 3.05) is 0 Å². The third-order valence-corrected chi connectivity index (χ3v) is 3.30. The van der Waals surface area contributed by atoms with E-state index in [0.717, 1.165) is 10.6 Å². The minimum atomic E-state index is 0.413. The van der Waals surface area contributed by atoms with Crippen LogP contribution in [0.25, 0.3) is 16.3 Å². The fraction of sp³-hybridized carbons (Fsp3) is 0.111. The van der Waals surface area contributed by atoms with Crippen molar-refractivity contribution in [3.63, 3.8) is 0 Å². The van der Waals surface area contributed by atoms with Crippen molar-refractivity contribution in [2.45, 2.75) is 6.92 Å². The number of hydrogen-bond acceptors (Lipinski definition) is 5. The summed E-state index contributed by atoms with van der Waals surface area (Å²) in [5.74, 6) is 0.678. The van der Waals surface area contributed by atoms with Crippen molar-refractivity contribution in [1.29, 1.82) is 0 Å². The predicted octanol–water partition coefficient (Wildman–Crippen LogP) is 2.21. The Morgan fingerprint density at radius 3 is 2.94 bits per heavy atom. The summed E-state index contributed by atoms with van der Waals surface area (Å²) in [6, 6.07) is 3.47. The average Bonchev–Trinajstić information content (AvgIpc) is 2.83. The lowest BCUT2D eigenvalue weighted by Gasteiger charge is -1.96. The van der Waals surface area contributed by atoms with E-state index in [4.69, 9.17) is 11.6 Å². The Hall–Kier alpha value is -1.53. The maximum atomic E-state index is 5.85. The molecule has 0 N–H and O–H groups in total. The number of aryl methyl sites for hydroxylation is 1. The number of fused-ring (bicyclic) bond motifs is 1. The van der Waals surface area contributed by atoms with Gasteiger partial charge >= 0.3 is 0 Å². The van der Waals surface area contributed by atoms with Crippen LogP contribution in [-0.4, -0.2) is 24.8 Å². The number of thiazole rings is 1. The van der Waals surface area contributed by atoms with E-state index in [1.54, 1.807) is 22.2 Å². The van der Waals surface area contributed by atoms with Crippen molar-refractivity contribution in [2.24, 2.45) is 0 Å². The highest BCUT2D eigenvalue weighted by molar-refractivity contribution is 7.13. The quantitative estimate of drug-likeness (QED) is 0.665. The van der Waals surface area contributed by atoms with Gasteiger partial charge in [-0.3, -0.25) is 0 Å². The van der Waals surface area contributed by atoms with Crippen LogP contribution in [0.15, 0.2) is 17.6 Å². The molecule has 0 amide bonds. The van der Waals surface area contributed by atoms with Gasteiger partial charge in [0, 0.05) is 0 Å². The Bertz CT molecular complexity index is 659. The number of nitrogens with zero attached hydrogens (tertiary/aromatic N) is 5. The zero-order chi connectivity index (χ0) is 11.1. The molecule has 0 aliphatic carbocycles. The molecule has 0 aliphatic heterocycles. The van der Waals surface area contributed by atoms with E-state index < -0.39 is 0 Å². The molecule has 80 valence electrons. The lowest BCUT2D eigenvalue weighted by atomic mass is 10.4. The van der Waals surface area contributed by atoms with E-state index in [1.165, 1.54) is 11.3 Å². The van der Waals surface area contributed by atoms with E-state index >= 15 is 0 Å². The van der Waals surface area contributed by atoms with Crippen LogP contribution in [-0.2, 0) is 0 Å². The molecule has 0 atom stereocenters. The van der Waals surface area contributed by atoms with Crippen molar-refractivity contribution in [3.8, 4) is 10.7 Å². The second-order valence-electron chi connectivity index (χ2n) is 3.22. The minimum absolute atomic E-state index is 0.413. The Kier molecular flexibility index (Phi) is 2.12. The van der Waals surface area contributed by atoms with E-state index in [1.807, 2.05) is 6.92 Å². The minimum Gasteiger partial charge on any atom is -0.249 e. The van der Waals surface area contributed by atoms with Crippen LogP contribution in [0, 0.1) is 6.92 Å². The molecule has 3 rings (SSSR count). The Labute approximate surface area is 99.7 Å². The first-order valence-electron chi connectivity index (χ1n) is 4.54. The smallest absolute Gasteiger partial charge is 0.197 e. The summed E-state index contributed by atoms with van der Waals surface area (Å²) in [5, 5.41) is 12.7. The number of hydrogen-bond donors (Lipinski definition) is 0. The van der Waals surface area contributed by atoms with Gasteiger partial charge in [0.15, 0.2) is 11.5 Å². The summed E-state index contributed by atoms with van der Waals surface area (Å²) in [5.41, 5.74) is 3.37. The molecule has 0 unspecified atom stereocenters. The van der Waals surface area contributed by atoms with Gasteiger partial charge in [0.05, 0.1) is 16.1 Å². The molecule has 0 aliphatic rings. The molecule has 5 nitrogen and oxygen atoms in total. The Morgan fingerprint density at radius 1 is 1.31 bits per heavy atom. The maximum absolute atomic E-state index is 5.85. The lowest BCUT2D eigenvalue weighted by molar-refractivity contribution is 0.936. The van der Waals surface area contributed by atoms with Crippen LogP contribution >= 0.6 is 22.9 Å². The van der Waals surface area contributed by atoms with Gasteiger partial charge < -0.3 is 0 Å². The third kappa shape index (κ3) is 1.38. The summed E-state index contributed by atoms with van der Waals surface area (Å²) < 4.78 is 1.63. The maximum Gasteiger partial charge on any atom is 0.197 e. The van der Waals surface area contributed by atoms with Crippen LogP contribution in [0.1, 0.15) is 5.69 Å². The van der Waals surface area contributed by atoms with Gasteiger partial charge in [0.25, 0.3) is 0 Å². The molecule has 3 aromatic rings. The first-order chi connectivity index (χ1) is 7.75. The van der Waals surface area contributed by atoms with Crippen molar-refractivity contribution in [1.82, 2.24) is 24.8 Å². The normalized spacial score (nSPS) is 11.1. The monoisotopic (exact) mass is 251 g/mol. The van der Waals surface area contributed by atoms with E-state index in [-0.39, 0.29) is 0 Å². The zero-order valence-corrected chi connectivity index (χ0v) is 9.83. The molecule has 3 heterocycles. The van der Waals surface area contributed by atoms with Gasteiger partial charge in [-0.2, -0.15) is 9.61 Å². The summed E-state index contributed by atoms with van der Waals surface area (Å²) in [6.45, 7) is 1.93. The number of halogens is 1. The molecular formula is C9H6ClN5S. The molecular weight excluding hydrogens is 246 g/mol. The van der Waals surface area contributed by atoms with Crippen LogP contribution < -0.4 is 0 Å². The fourth-order valence-electron chi connectivity index (χ4n) is 1.42. The zero-order valence-electron chi connectivity index (χ0n) is 8.25. The Balaban J connectivity index is 2.32. The topological polar surface area (TPSA) is 56.0 Å². The molecule has 3 aromatic heterocycles. The summed E-state index contributed by atoms with van der Waals surface area (Å²) in [6.07, 6.45) is 0. The molecule has 0 radical (unpaired) electrons. The molecule has 0 fully saturated rings. The van der Waals surface area contributed by atoms with Gasteiger partial charge in [0.2, 0.25) is 0 Å². The van der Waals surface area contributed by atoms with Crippen molar-refractivity contribution < 1.29 is 0 Å². The highest BCUT2D eigenvalue weighted by Crippen LogP contribution is 2.25. The second kappa shape index (κ2) is 3.50. The average molecular weight is 252 g/mol. The first kappa shape index (κ1) is 9.68. The van der Waals surface area contributed by atoms with Gasteiger partial charge in [0.1, 0.15) is 5.15 Å². The van der Waals surface area contributed by atoms with E-state index in [9.17, 15) is 0 Å². The standard InChI is InChI=1S/C9H6ClN5S/c1-5-8(16-4-11-5)9-13-12-7-3-2-6(10)14-15(7)9/h2-4H,1H3. The number of rotatable bonds is 1. The number of aromatic nitrogens is 5. The molecule has 7 heteroatoms. The summed E-state index contributed by atoms with van der Waals surface area (Å²) in [7, 11) is 0. The molecule has 0 bridgehead atoms. The molecule has 0 saturated carbocycles. The van der Waals surface area contributed by atoms with Crippen LogP contribution in [0.5, 0.6) is 0 Å². The fourth-order valence-corrected chi connectivity index (χ4v) is 2.34. The SMILES string of the molecule is Cc1ncsc1-c1nnc2ccc(Cl)nn12. The first-order valence-corrected chi connectivity index (χ1v) is 5.80. The van der Waals surface area contributed by atoms with Crippen LogP contribution in [0.3, 0.4) is 0 Å². The summed E-state index contributed by atoms with van der Waals surface area (Å²) in [4.78, 5) is 5.14. The van der Waals surface area contributed by atoms with Crippen molar-refractivity contribution in [3.05, 3.63) is 28.5 Å². The molecule has 16 heavy (non-hydrogen) atoms. The molecule has 0 spiro atoms. The second-order valence-corrected chi connectivity index (χ2v) is 4.46. The lowest BCUT2D eigenvalue weighted by Crippen LogP contribution is -1.94. The van der Waals surface area contributed by atoms with Gasteiger partial charge in [-0.25, -0.2) is 4.98 Å². The molecule has 0 saturated heterocycles.